The quantitative estimate of drug-likeness (QED) is 0.529. The molecule has 14 heavy (non-hydrogen) atoms. The Morgan fingerprint density at radius 1 is 1.43 bits per heavy atom. The Bertz CT molecular complexity index is 369. The highest BCUT2D eigenvalue weighted by Gasteiger charge is 2.20. The Kier molecular flexibility index (Phi) is 3.02. The van der Waals surface area contributed by atoms with Gasteiger partial charge in [0.2, 0.25) is 0 Å². The monoisotopic (exact) mass is 192 g/mol. The topological polar surface area (TPSA) is 43.4 Å². The number of cyclic esters (lactones) is 1. The minimum Gasteiger partial charge on any atom is -0.457 e. The number of fused-ring (bicyclic) bond motifs is 1. The van der Waals surface area contributed by atoms with Crippen molar-refractivity contribution in [1.29, 1.82) is 0 Å². The first-order chi connectivity index (χ1) is 6.31. The van der Waals surface area contributed by atoms with Crippen LogP contribution in [0.15, 0.2) is 18.2 Å². The third-order valence-electron chi connectivity index (χ3n) is 2.07. The Morgan fingerprint density at radius 3 is 2.93 bits per heavy atom. The predicted octanol–water partition coefficient (Wildman–Crippen LogP) is 1.73. The van der Waals surface area contributed by atoms with Gasteiger partial charge >= 0.3 is 5.97 Å². The van der Waals surface area contributed by atoms with Gasteiger partial charge in [-0.05, 0) is 11.6 Å². The molecule has 0 spiro atoms. The molecule has 0 aromatic heterocycles. The van der Waals surface area contributed by atoms with Gasteiger partial charge in [0.1, 0.15) is 12.9 Å². The molecule has 1 aromatic rings. The molecular formula is C11H12O3. The van der Waals surface area contributed by atoms with E-state index in [0.29, 0.717) is 18.6 Å². The van der Waals surface area contributed by atoms with E-state index in [9.17, 15) is 9.59 Å². The normalized spacial score (nSPS) is 12.7. The number of rotatable bonds is 2. The van der Waals surface area contributed by atoms with E-state index < -0.39 is 0 Å². The van der Waals surface area contributed by atoms with Crippen molar-refractivity contribution in [2.24, 2.45) is 0 Å². The lowest BCUT2D eigenvalue weighted by Gasteiger charge is -1.97. The van der Waals surface area contributed by atoms with Crippen LogP contribution < -0.4 is 0 Å². The van der Waals surface area contributed by atoms with Gasteiger partial charge in [-0.1, -0.05) is 19.6 Å². The zero-order chi connectivity index (χ0) is 9.26. The maximum Gasteiger partial charge on any atom is 0.338 e. The molecule has 1 aliphatic heterocycles. The number of aldehydes is 1. The zero-order valence-electron chi connectivity index (χ0n) is 6.95. The minimum absolute atomic E-state index is 0. The molecule has 3 nitrogen and oxygen atoms in total. The van der Waals surface area contributed by atoms with E-state index in [0.717, 1.165) is 17.4 Å². The largest absolute Gasteiger partial charge is 0.457 e. The summed E-state index contributed by atoms with van der Waals surface area (Å²) in [6, 6.07) is 5.33. The van der Waals surface area contributed by atoms with Gasteiger partial charge in [-0.3, -0.25) is 0 Å². The van der Waals surface area contributed by atoms with Gasteiger partial charge < -0.3 is 9.53 Å². The van der Waals surface area contributed by atoms with Crippen molar-refractivity contribution < 1.29 is 14.3 Å². The summed E-state index contributed by atoms with van der Waals surface area (Å²) < 4.78 is 4.83. The van der Waals surface area contributed by atoms with Crippen LogP contribution in [0.4, 0.5) is 0 Å². The van der Waals surface area contributed by atoms with E-state index in [4.69, 9.17) is 4.74 Å². The van der Waals surface area contributed by atoms with Crippen molar-refractivity contribution >= 4 is 12.3 Å². The molecule has 1 aliphatic rings. The molecular weight excluding hydrogens is 180 g/mol. The average Bonchev–Trinajstić information content (AvgIpc) is 2.48. The second-order valence-corrected chi connectivity index (χ2v) is 2.94. The van der Waals surface area contributed by atoms with E-state index in [1.807, 2.05) is 6.07 Å². The number of hydrogen-bond acceptors (Lipinski definition) is 3. The Labute approximate surface area is 82.7 Å². The van der Waals surface area contributed by atoms with Gasteiger partial charge in [-0.25, -0.2) is 4.79 Å². The maximum absolute atomic E-state index is 11.0. The molecule has 74 valence electrons. The smallest absolute Gasteiger partial charge is 0.338 e. The van der Waals surface area contributed by atoms with Crippen LogP contribution in [0.5, 0.6) is 0 Å². The standard InChI is InChI=1S/C10H8O3.CH4/c11-4-3-7-1-2-9-8(5-7)6-13-10(9)12;/h1-2,4-5H,3,6H2;1H4. The first-order valence-corrected chi connectivity index (χ1v) is 4.04. The van der Waals surface area contributed by atoms with Crippen LogP contribution >= 0.6 is 0 Å². The minimum atomic E-state index is -0.271. The summed E-state index contributed by atoms with van der Waals surface area (Å²) in [6.45, 7) is 0.334. The number of carbonyl (C=O) groups excluding carboxylic acids is 2. The van der Waals surface area contributed by atoms with Crippen molar-refractivity contribution in [2.45, 2.75) is 20.5 Å². The molecule has 0 amide bonds. The summed E-state index contributed by atoms with van der Waals surface area (Å²) in [5.74, 6) is -0.271. The summed E-state index contributed by atoms with van der Waals surface area (Å²) in [5, 5.41) is 0. The summed E-state index contributed by atoms with van der Waals surface area (Å²) in [5.41, 5.74) is 2.42. The molecule has 1 heterocycles. The summed E-state index contributed by atoms with van der Waals surface area (Å²) in [7, 11) is 0. The van der Waals surface area contributed by atoms with E-state index in [-0.39, 0.29) is 13.4 Å². The molecule has 1 aromatic carbocycles. The van der Waals surface area contributed by atoms with Crippen LogP contribution in [0, 0.1) is 0 Å². The van der Waals surface area contributed by atoms with E-state index in [2.05, 4.69) is 0 Å². The molecule has 2 rings (SSSR count). The highest BCUT2D eigenvalue weighted by Crippen LogP contribution is 2.20. The van der Waals surface area contributed by atoms with Gasteiger partial charge in [0.25, 0.3) is 0 Å². The molecule has 0 saturated heterocycles. The number of hydrogen-bond donors (Lipinski definition) is 0. The van der Waals surface area contributed by atoms with Crippen molar-refractivity contribution in [1.82, 2.24) is 0 Å². The molecule has 3 heteroatoms. The zero-order valence-corrected chi connectivity index (χ0v) is 6.95. The maximum atomic E-state index is 11.0. The van der Waals surface area contributed by atoms with Gasteiger partial charge in [-0.15, -0.1) is 0 Å². The van der Waals surface area contributed by atoms with Crippen molar-refractivity contribution in [3.8, 4) is 0 Å². The first kappa shape index (κ1) is 10.4. The van der Waals surface area contributed by atoms with Crippen molar-refractivity contribution in [3.63, 3.8) is 0 Å². The molecule has 0 unspecified atom stereocenters. The van der Waals surface area contributed by atoms with Crippen LogP contribution in [-0.2, 0) is 22.6 Å². The highest BCUT2D eigenvalue weighted by molar-refractivity contribution is 5.93. The Morgan fingerprint density at radius 2 is 2.21 bits per heavy atom. The van der Waals surface area contributed by atoms with Crippen LogP contribution in [0.1, 0.15) is 28.9 Å². The van der Waals surface area contributed by atoms with Crippen LogP contribution in [-0.4, -0.2) is 12.3 Å². The van der Waals surface area contributed by atoms with E-state index in [1.165, 1.54) is 0 Å². The van der Waals surface area contributed by atoms with Crippen molar-refractivity contribution in [2.75, 3.05) is 0 Å². The summed E-state index contributed by atoms with van der Waals surface area (Å²) >= 11 is 0. The second-order valence-electron chi connectivity index (χ2n) is 2.94. The molecule has 0 atom stereocenters. The predicted molar refractivity (Wildman–Crippen MR) is 52.1 cm³/mol. The molecule has 0 fully saturated rings. The molecule has 0 bridgehead atoms. The fourth-order valence-electron chi connectivity index (χ4n) is 1.41. The molecule has 0 aliphatic carbocycles. The lowest BCUT2D eigenvalue weighted by atomic mass is 10.0. The molecule has 0 N–H and O–H groups in total. The molecule has 0 radical (unpaired) electrons. The third-order valence-corrected chi connectivity index (χ3v) is 2.07. The fourth-order valence-corrected chi connectivity index (χ4v) is 1.41. The van der Waals surface area contributed by atoms with Crippen LogP contribution in [0.2, 0.25) is 0 Å². The number of ether oxygens (including phenoxy) is 1. The number of carbonyl (C=O) groups is 2. The molecule has 0 saturated carbocycles. The summed E-state index contributed by atoms with van der Waals surface area (Å²) in [6.07, 6.45) is 1.24. The van der Waals surface area contributed by atoms with E-state index >= 15 is 0 Å². The van der Waals surface area contributed by atoms with Gasteiger partial charge in [0.05, 0.1) is 5.56 Å². The Balaban J connectivity index is 0.000000980. The fraction of sp³-hybridized carbons (Fsp3) is 0.273. The summed E-state index contributed by atoms with van der Waals surface area (Å²) in [4.78, 5) is 21.3. The Hall–Kier alpha value is -1.64. The van der Waals surface area contributed by atoms with Crippen LogP contribution in [0.3, 0.4) is 0 Å². The van der Waals surface area contributed by atoms with Crippen molar-refractivity contribution in [3.05, 3.63) is 34.9 Å². The first-order valence-electron chi connectivity index (χ1n) is 4.04. The van der Waals surface area contributed by atoms with Gasteiger partial charge in [-0.2, -0.15) is 0 Å². The third kappa shape index (κ3) is 1.66. The van der Waals surface area contributed by atoms with Gasteiger partial charge in [0, 0.05) is 12.0 Å². The lowest BCUT2D eigenvalue weighted by Crippen LogP contribution is -1.94. The number of benzene rings is 1. The number of esters is 1. The van der Waals surface area contributed by atoms with Crippen LogP contribution in [0.25, 0.3) is 0 Å². The van der Waals surface area contributed by atoms with E-state index in [1.54, 1.807) is 12.1 Å². The average molecular weight is 192 g/mol. The second kappa shape index (κ2) is 4.05. The van der Waals surface area contributed by atoms with Gasteiger partial charge in [0.15, 0.2) is 0 Å². The highest BCUT2D eigenvalue weighted by atomic mass is 16.5. The SMILES string of the molecule is C.O=CCc1ccc2c(c1)COC2=O. The lowest BCUT2D eigenvalue weighted by molar-refractivity contribution is -0.107.